The van der Waals surface area contributed by atoms with Gasteiger partial charge in [-0.3, -0.25) is 9.59 Å². The molecule has 2 aliphatic heterocycles. The molecule has 3 atom stereocenters. The van der Waals surface area contributed by atoms with E-state index in [9.17, 15) is 9.59 Å². The smallest absolute Gasteiger partial charge is 0.226 e. The van der Waals surface area contributed by atoms with Gasteiger partial charge in [-0.25, -0.2) is 0 Å². The highest BCUT2D eigenvalue weighted by molar-refractivity contribution is 5.81. The quantitative estimate of drug-likeness (QED) is 0.753. The van der Waals surface area contributed by atoms with E-state index in [-0.39, 0.29) is 17.2 Å². The summed E-state index contributed by atoms with van der Waals surface area (Å²) in [6.45, 7) is 6.79. The number of hydrogen-bond acceptors (Lipinski definition) is 4. The van der Waals surface area contributed by atoms with Crippen LogP contribution in [-0.2, 0) is 16.1 Å². The Kier molecular flexibility index (Phi) is 4.14. The minimum Gasteiger partial charge on any atom is -0.361 e. The molecule has 28 heavy (non-hydrogen) atoms. The lowest BCUT2D eigenvalue weighted by Gasteiger charge is -2.40. The summed E-state index contributed by atoms with van der Waals surface area (Å²) < 4.78 is 5.25. The van der Waals surface area contributed by atoms with E-state index in [1.165, 1.54) is 6.42 Å². The number of aryl methyl sites for hydroxylation is 2. The summed E-state index contributed by atoms with van der Waals surface area (Å²) in [6.07, 6.45) is 9.21. The van der Waals surface area contributed by atoms with E-state index < -0.39 is 0 Å². The van der Waals surface area contributed by atoms with Gasteiger partial charge in [-0.2, -0.15) is 0 Å². The van der Waals surface area contributed by atoms with E-state index in [1.807, 2.05) is 18.7 Å². The van der Waals surface area contributed by atoms with E-state index in [1.54, 1.807) is 0 Å². The van der Waals surface area contributed by atoms with Gasteiger partial charge in [0, 0.05) is 43.0 Å². The number of allylic oxidation sites excluding steroid dienone is 2. The maximum absolute atomic E-state index is 13.0. The topological polar surface area (TPSA) is 66.7 Å². The van der Waals surface area contributed by atoms with E-state index in [4.69, 9.17) is 4.52 Å². The zero-order chi connectivity index (χ0) is 19.5. The predicted molar refractivity (Wildman–Crippen MR) is 103 cm³/mol. The van der Waals surface area contributed by atoms with Gasteiger partial charge in [0.05, 0.1) is 12.2 Å². The van der Waals surface area contributed by atoms with Crippen molar-refractivity contribution in [1.29, 1.82) is 0 Å². The Morgan fingerprint density at radius 3 is 2.64 bits per heavy atom. The third kappa shape index (κ3) is 2.88. The summed E-state index contributed by atoms with van der Waals surface area (Å²) in [5.41, 5.74) is 1.93. The largest absolute Gasteiger partial charge is 0.361 e. The fourth-order valence-electron chi connectivity index (χ4n) is 5.88. The lowest BCUT2D eigenvalue weighted by atomic mass is 9.77. The molecule has 150 valence electrons. The Labute approximate surface area is 165 Å². The first-order valence-corrected chi connectivity index (χ1v) is 10.6. The monoisotopic (exact) mass is 383 g/mol. The first-order valence-electron chi connectivity index (χ1n) is 10.6. The Morgan fingerprint density at radius 1 is 1.25 bits per heavy atom. The molecule has 5 rings (SSSR count). The lowest BCUT2D eigenvalue weighted by molar-refractivity contribution is -0.138. The van der Waals surface area contributed by atoms with Gasteiger partial charge in [-0.1, -0.05) is 17.3 Å². The highest BCUT2D eigenvalue weighted by atomic mass is 16.5. The van der Waals surface area contributed by atoms with E-state index in [0.717, 1.165) is 55.9 Å². The highest BCUT2D eigenvalue weighted by Crippen LogP contribution is 2.46. The fraction of sp³-hybridized carbons (Fsp3) is 0.682. The molecule has 0 N–H and O–H groups in total. The highest BCUT2D eigenvalue weighted by Gasteiger charge is 2.47. The maximum atomic E-state index is 13.0. The average molecular weight is 383 g/mol. The van der Waals surface area contributed by atoms with Gasteiger partial charge < -0.3 is 14.3 Å². The summed E-state index contributed by atoms with van der Waals surface area (Å²) in [6, 6.07) is 0. The van der Waals surface area contributed by atoms with Crippen molar-refractivity contribution in [2.45, 2.75) is 52.5 Å². The number of rotatable bonds is 3. The summed E-state index contributed by atoms with van der Waals surface area (Å²) in [4.78, 5) is 29.7. The van der Waals surface area contributed by atoms with Gasteiger partial charge in [0.1, 0.15) is 5.76 Å². The molecule has 0 unspecified atom stereocenters. The minimum atomic E-state index is 0.0292. The first kappa shape index (κ1) is 18.0. The molecule has 1 aromatic rings. The maximum Gasteiger partial charge on any atom is 0.226 e. The molecular formula is C22H29N3O3. The Bertz CT molecular complexity index is 815. The molecule has 0 aromatic carbocycles. The first-order chi connectivity index (χ1) is 13.4. The summed E-state index contributed by atoms with van der Waals surface area (Å²) in [7, 11) is 0. The third-order valence-electron chi connectivity index (χ3n) is 7.67. The van der Waals surface area contributed by atoms with Gasteiger partial charge in [-0.05, 0) is 51.4 Å². The van der Waals surface area contributed by atoms with Crippen molar-refractivity contribution in [2.75, 3.05) is 19.6 Å². The van der Waals surface area contributed by atoms with Gasteiger partial charge in [0.25, 0.3) is 0 Å². The molecule has 6 nitrogen and oxygen atoms in total. The molecule has 2 aliphatic carbocycles. The second-order valence-corrected chi connectivity index (χ2v) is 9.44. The van der Waals surface area contributed by atoms with Crippen LogP contribution in [0.3, 0.4) is 0 Å². The molecule has 0 radical (unpaired) electrons. The van der Waals surface area contributed by atoms with E-state index in [0.29, 0.717) is 30.7 Å². The number of nitrogens with zero attached hydrogens (tertiary/aromatic N) is 3. The van der Waals surface area contributed by atoms with Crippen LogP contribution in [0.2, 0.25) is 0 Å². The predicted octanol–water partition coefficient (Wildman–Crippen LogP) is 2.84. The van der Waals surface area contributed by atoms with Crippen molar-refractivity contribution >= 4 is 11.8 Å². The molecule has 2 bridgehead atoms. The molecule has 4 aliphatic rings. The molecule has 1 saturated carbocycles. The van der Waals surface area contributed by atoms with Crippen molar-refractivity contribution in [2.24, 2.45) is 23.2 Å². The Morgan fingerprint density at radius 2 is 2.04 bits per heavy atom. The van der Waals surface area contributed by atoms with Gasteiger partial charge >= 0.3 is 0 Å². The third-order valence-corrected chi connectivity index (χ3v) is 7.67. The zero-order valence-electron chi connectivity index (χ0n) is 16.8. The number of carbonyl (C=O) groups is 2. The molecule has 6 heteroatoms. The van der Waals surface area contributed by atoms with Gasteiger partial charge in [0.15, 0.2) is 0 Å². The van der Waals surface area contributed by atoms with Crippen molar-refractivity contribution < 1.29 is 14.1 Å². The number of hydrogen-bond donors (Lipinski definition) is 0. The number of amides is 2. The number of piperidine rings is 1. The van der Waals surface area contributed by atoms with Crippen LogP contribution in [0.1, 0.15) is 49.1 Å². The van der Waals surface area contributed by atoms with Crippen LogP contribution < -0.4 is 0 Å². The number of likely N-dealkylation sites (tertiary alicyclic amines) is 2. The normalized spacial score (nSPS) is 30.8. The standard InChI is InChI=1S/C22H29N3O3/c1-14-19(15(2)28-23-14)12-25-13-22(11-20(25)26)5-7-24(8-6-22)21(27)18-10-16-3-4-17(18)9-16/h3-4,16-18H,5-13H2,1-2H3/t16-,17+,18-/m1/s1. The molecule has 3 heterocycles. The minimum absolute atomic E-state index is 0.0292. The summed E-state index contributed by atoms with van der Waals surface area (Å²) in [5, 5.41) is 4.01. The number of carbonyl (C=O) groups excluding carboxylic acids is 2. The SMILES string of the molecule is Cc1noc(C)c1CN1CC2(CCN(C(=O)[C@@H]3C[C@@H]4C=C[C@H]3C4)CC2)CC1=O. The Balaban J connectivity index is 1.21. The van der Waals surface area contributed by atoms with Gasteiger partial charge in [-0.15, -0.1) is 0 Å². The van der Waals surface area contributed by atoms with E-state index >= 15 is 0 Å². The molecule has 1 aromatic heterocycles. The van der Waals surface area contributed by atoms with E-state index in [2.05, 4.69) is 22.2 Å². The fourth-order valence-corrected chi connectivity index (χ4v) is 5.88. The van der Waals surface area contributed by atoms with Crippen LogP contribution in [0.25, 0.3) is 0 Å². The number of fused-ring (bicyclic) bond motifs is 2. The van der Waals surface area contributed by atoms with Gasteiger partial charge in [0.2, 0.25) is 11.8 Å². The molecule has 2 amide bonds. The Hall–Kier alpha value is -2.11. The van der Waals surface area contributed by atoms with Crippen LogP contribution >= 0.6 is 0 Å². The molecule has 1 spiro atoms. The van der Waals surface area contributed by atoms with Crippen molar-refractivity contribution in [3.8, 4) is 0 Å². The molecule has 3 fully saturated rings. The van der Waals surface area contributed by atoms with Crippen LogP contribution in [0, 0.1) is 37.0 Å². The van der Waals surface area contributed by atoms with Crippen LogP contribution in [0.15, 0.2) is 16.7 Å². The van der Waals surface area contributed by atoms with Crippen LogP contribution in [0.4, 0.5) is 0 Å². The molecular weight excluding hydrogens is 354 g/mol. The lowest BCUT2D eigenvalue weighted by Crippen LogP contribution is -2.46. The second-order valence-electron chi connectivity index (χ2n) is 9.44. The average Bonchev–Trinajstić information content (AvgIpc) is 3.44. The van der Waals surface area contributed by atoms with Crippen molar-refractivity contribution in [3.63, 3.8) is 0 Å². The van der Waals surface area contributed by atoms with Crippen LogP contribution in [0.5, 0.6) is 0 Å². The molecule has 2 saturated heterocycles. The summed E-state index contributed by atoms with van der Waals surface area (Å²) in [5.74, 6) is 2.66. The van der Waals surface area contributed by atoms with Crippen LogP contribution in [-0.4, -0.2) is 46.4 Å². The summed E-state index contributed by atoms with van der Waals surface area (Å²) >= 11 is 0. The number of aromatic nitrogens is 1. The van der Waals surface area contributed by atoms with Crippen molar-refractivity contribution in [3.05, 3.63) is 29.2 Å². The second kappa shape index (κ2) is 6.46. The zero-order valence-corrected chi connectivity index (χ0v) is 16.8. The van der Waals surface area contributed by atoms with Crippen molar-refractivity contribution in [1.82, 2.24) is 15.0 Å².